The van der Waals surface area contributed by atoms with Crippen LogP contribution in [0.1, 0.15) is 0 Å². The quantitative estimate of drug-likeness (QED) is 0.489. The lowest BCUT2D eigenvalue weighted by atomic mass is 10.1. The van der Waals surface area contributed by atoms with Gasteiger partial charge in [-0.15, -0.1) is 0 Å². The summed E-state index contributed by atoms with van der Waals surface area (Å²) in [6, 6.07) is 8.54. The number of anilines is 2. The summed E-state index contributed by atoms with van der Waals surface area (Å²) in [7, 11) is 2.17. The number of rotatable bonds is 6. The fourth-order valence-corrected chi connectivity index (χ4v) is 4.42. The van der Waals surface area contributed by atoms with Gasteiger partial charge >= 0.3 is 0 Å². The zero-order valence-corrected chi connectivity index (χ0v) is 19.2. The van der Waals surface area contributed by atoms with Crippen LogP contribution in [0.4, 0.5) is 11.5 Å². The van der Waals surface area contributed by atoms with Gasteiger partial charge < -0.3 is 29.8 Å². The average Bonchev–Trinajstić information content (AvgIpc) is 3.21. The van der Waals surface area contributed by atoms with Crippen LogP contribution in [0.2, 0.25) is 0 Å². The van der Waals surface area contributed by atoms with Gasteiger partial charge in [0.25, 0.3) is 0 Å². The van der Waals surface area contributed by atoms with Crippen LogP contribution in [0.3, 0.4) is 0 Å². The summed E-state index contributed by atoms with van der Waals surface area (Å²) >= 11 is 5.31. The molecule has 32 heavy (non-hydrogen) atoms. The number of fused-ring (bicyclic) bond motifs is 1. The Balaban J connectivity index is 1.34. The number of nitrogens with one attached hydrogen (secondary N) is 3. The van der Waals surface area contributed by atoms with Crippen LogP contribution in [0.25, 0.3) is 22.6 Å². The predicted octanol–water partition coefficient (Wildman–Crippen LogP) is 2.18. The molecule has 2 aliphatic rings. The van der Waals surface area contributed by atoms with E-state index >= 15 is 0 Å². The molecule has 1 aromatic carbocycles. The van der Waals surface area contributed by atoms with Crippen molar-refractivity contribution in [1.29, 1.82) is 0 Å². The lowest BCUT2D eigenvalue weighted by Crippen LogP contribution is -2.44. The first-order valence-electron chi connectivity index (χ1n) is 11.2. The van der Waals surface area contributed by atoms with E-state index in [9.17, 15) is 0 Å². The van der Waals surface area contributed by atoms with Gasteiger partial charge in [0.05, 0.1) is 13.2 Å². The minimum atomic E-state index is 0.549. The van der Waals surface area contributed by atoms with Crippen LogP contribution < -0.4 is 10.2 Å². The van der Waals surface area contributed by atoms with Crippen molar-refractivity contribution in [3.05, 3.63) is 29.0 Å². The Labute approximate surface area is 192 Å². The predicted molar refractivity (Wildman–Crippen MR) is 130 cm³/mol. The van der Waals surface area contributed by atoms with E-state index in [-0.39, 0.29) is 0 Å². The topological polar surface area (TPSA) is 88.3 Å². The van der Waals surface area contributed by atoms with Gasteiger partial charge in [-0.1, -0.05) is 0 Å². The molecule has 0 atom stereocenters. The Morgan fingerprint density at radius 1 is 1.00 bits per heavy atom. The molecule has 0 spiro atoms. The number of nitrogens with zero attached hydrogens (tertiary/aromatic N) is 5. The highest BCUT2D eigenvalue weighted by molar-refractivity contribution is 7.71. The number of hydrogen-bond donors (Lipinski definition) is 3. The standard InChI is InChI=1S/C22H30N8OS/c1-28-8-10-30(11-9-28)17-4-2-16(3-5-17)19-25-20(18-21(26-19)27-22(32)24-18)23-6-7-29-12-14-31-15-13-29/h2-5H,6-15H2,1H3,(H3,23,24,25,26,27,32). The molecule has 2 saturated heterocycles. The van der Waals surface area contributed by atoms with Crippen molar-refractivity contribution in [2.75, 3.05) is 82.8 Å². The number of H-pyrrole nitrogens is 2. The summed E-state index contributed by atoms with van der Waals surface area (Å²) in [5.74, 6) is 1.45. The maximum atomic E-state index is 5.43. The molecule has 2 fully saturated rings. The number of hydrogen-bond acceptors (Lipinski definition) is 8. The molecule has 170 valence electrons. The van der Waals surface area contributed by atoms with Crippen LogP contribution in [0.5, 0.6) is 0 Å². The molecule has 2 aromatic heterocycles. The van der Waals surface area contributed by atoms with Gasteiger partial charge in [-0.25, -0.2) is 9.97 Å². The zero-order chi connectivity index (χ0) is 21.9. The van der Waals surface area contributed by atoms with Gasteiger partial charge in [0.15, 0.2) is 22.1 Å². The maximum absolute atomic E-state index is 5.43. The van der Waals surface area contributed by atoms with Crippen LogP contribution >= 0.6 is 12.2 Å². The molecule has 9 nitrogen and oxygen atoms in total. The van der Waals surface area contributed by atoms with Gasteiger partial charge in [-0.05, 0) is 43.5 Å². The van der Waals surface area contributed by atoms with E-state index in [2.05, 4.69) is 61.3 Å². The lowest BCUT2D eigenvalue weighted by Gasteiger charge is -2.34. The van der Waals surface area contributed by atoms with Crippen molar-refractivity contribution < 1.29 is 4.74 Å². The third kappa shape index (κ3) is 4.78. The number of imidazole rings is 1. The second-order valence-corrected chi connectivity index (χ2v) is 8.82. The molecule has 0 unspecified atom stereocenters. The Kier molecular flexibility index (Phi) is 6.35. The van der Waals surface area contributed by atoms with Gasteiger partial charge in [0, 0.05) is 63.6 Å². The third-order valence-electron chi connectivity index (χ3n) is 6.20. The monoisotopic (exact) mass is 454 g/mol. The Hall–Kier alpha value is -2.53. The Bertz CT molecular complexity index is 1100. The first-order chi connectivity index (χ1) is 15.7. The summed E-state index contributed by atoms with van der Waals surface area (Å²) in [5, 5.41) is 3.48. The van der Waals surface area contributed by atoms with Crippen LogP contribution in [0, 0.1) is 4.77 Å². The molecule has 4 heterocycles. The second-order valence-electron chi connectivity index (χ2n) is 8.42. The number of aromatic nitrogens is 4. The van der Waals surface area contributed by atoms with Crippen molar-refractivity contribution in [3.63, 3.8) is 0 Å². The highest BCUT2D eigenvalue weighted by Crippen LogP contribution is 2.25. The largest absolute Gasteiger partial charge is 0.379 e. The van der Waals surface area contributed by atoms with E-state index in [1.165, 1.54) is 5.69 Å². The highest BCUT2D eigenvalue weighted by Gasteiger charge is 2.16. The van der Waals surface area contributed by atoms with E-state index in [4.69, 9.17) is 26.9 Å². The van der Waals surface area contributed by atoms with Crippen LogP contribution in [0.15, 0.2) is 24.3 Å². The summed E-state index contributed by atoms with van der Waals surface area (Å²) in [5.41, 5.74) is 3.76. The van der Waals surface area contributed by atoms with Crippen molar-refractivity contribution in [2.24, 2.45) is 0 Å². The molecule has 0 saturated carbocycles. The Morgan fingerprint density at radius 2 is 1.75 bits per heavy atom. The number of likely N-dealkylation sites (N-methyl/N-ethyl adjacent to an activating group) is 1. The third-order valence-corrected chi connectivity index (χ3v) is 6.40. The molecular weight excluding hydrogens is 424 g/mol. The molecule has 5 rings (SSSR count). The lowest BCUT2D eigenvalue weighted by molar-refractivity contribution is 0.0398. The van der Waals surface area contributed by atoms with Crippen molar-refractivity contribution >= 4 is 34.9 Å². The van der Waals surface area contributed by atoms with Crippen LogP contribution in [-0.2, 0) is 4.74 Å². The zero-order valence-electron chi connectivity index (χ0n) is 18.4. The van der Waals surface area contributed by atoms with Crippen molar-refractivity contribution in [3.8, 4) is 11.4 Å². The summed E-state index contributed by atoms with van der Waals surface area (Å²) < 4.78 is 5.98. The minimum Gasteiger partial charge on any atom is -0.379 e. The molecule has 0 bridgehead atoms. The molecule has 0 amide bonds. The van der Waals surface area contributed by atoms with E-state index in [0.29, 0.717) is 10.6 Å². The molecule has 3 N–H and O–H groups in total. The van der Waals surface area contributed by atoms with Gasteiger partial charge in [-0.3, -0.25) is 4.90 Å². The number of aromatic amines is 2. The number of ether oxygens (including phenoxy) is 1. The van der Waals surface area contributed by atoms with Gasteiger partial charge in [-0.2, -0.15) is 0 Å². The molecule has 10 heteroatoms. The summed E-state index contributed by atoms with van der Waals surface area (Å²) in [4.78, 5) is 23.1. The first kappa shape index (κ1) is 21.3. The van der Waals surface area contributed by atoms with Crippen LogP contribution in [-0.4, -0.2) is 102 Å². The van der Waals surface area contributed by atoms with E-state index in [0.717, 1.165) is 88.1 Å². The van der Waals surface area contributed by atoms with Gasteiger partial charge in [0.1, 0.15) is 5.52 Å². The highest BCUT2D eigenvalue weighted by atomic mass is 32.1. The molecule has 3 aromatic rings. The van der Waals surface area contributed by atoms with Gasteiger partial charge in [0.2, 0.25) is 0 Å². The first-order valence-corrected chi connectivity index (χ1v) is 11.6. The minimum absolute atomic E-state index is 0.549. The molecule has 2 aliphatic heterocycles. The maximum Gasteiger partial charge on any atom is 0.176 e. The van der Waals surface area contributed by atoms with E-state index in [1.54, 1.807) is 0 Å². The molecular formula is C22H30N8OS. The van der Waals surface area contributed by atoms with Crippen molar-refractivity contribution in [2.45, 2.75) is 0 Å². The SMILES string of the molecule is CN1CCN(c2ccc(-c3nc(NCCN4CCOCC4)c4[nH]c(=S)[nH]c4n3)cc2)CC1. The summed E-state index contributed by atoms with van der Waals surface area (Å²) in [6.07, 6.45) is 0. The summed E-state index contributed by atoms with van der Waals surface area (Å²) in [6.45, 7) is 9.56. The molecule has 0 aliphatic carbocycles. The fraction of sp³-hybridized carbons (Fsp3) is 0.500. The normalized spacial score (nSPS) is 18.3. The van der Waals surface area contributed by atoms with Crippen molar-refractivity contribution in [1.82, 2.24) is 29.7 Å². The number of piperazine rings is 1. The second kappa shape index (κ2) is 9.53. The smallest absolute Gasteiger partial charge is 0.176 e. The Morgan fingerprint density at radius 3 is 2.50 bits per heavy atom. The average molecular weight is 455 g/mol. The van der Waals surface area contributed by atoms with E-state index < -0.39 is 0 Å². The molecule has 0 radical (unpaired) electrons. The van der Waals surface area contributed by atoms with E-state index in [1.807, 2.05) is 0 Å². The number of morpholine rings is 1. The fourth-order valence-electron chi connectivity index (χ4n) is 4.22. The number of benzene rings is 1.